The fraction of sp³-hybridized carbons (Fsp3) is 0.286. The highest BCUT2D eigenvalue weighted by Gasteiger charge is 2.20. The normalized spacial score (nSPS) is 12.2. The minimum atomic E-state index is -0.281. The molecular weight excluding hydrogens is 245 g/mol. The van der Waals surface area contributed by atoms with Crippen molar-refractivity contribution in [1.82, 2.24) is 14.7 Å². The Bertz CT molecular complexity index is 577. The van der Waals surface area contributed by atoms with Gasteiger partial charge in [0, 0.05) is 20.3 Å². The average molecular weight is 261 g/mol. The van der Waals surface area contributed by atoms with Gasteiger partial charge in [0.1, 0.15) is 11.5 Å². The van der Waals surface area contributed by atoms with Crippen LogP contribution >= 0.6 is 0 Å². The first-order valence-corrected chi connectivity index (χ1v) is 6.01. The summed E-state index contributed by atoms with van der Waals surface area (Å²) < 4.78 is 14.4. The van der Waals surface area contributed by atoms with Gasteiger partial charge in [-0.15, -0.1) is 0 Å². The number of rotatable bonds is 3. The van der Waals surface area contributed by atoms with Gasteiger partial charge in [-0.2, -0.15) is 5.10 Å². The summed E-state index contributed by atoms with van der Waals surface area (Å²) in [4.78, 5) is 13.9. The average Bonchev–Trinajstić information content (AvgIpc) is 2.83. The molecule has 0 radical (unpaired) electrons. The Balaban J connectivity index is 2.19. The number of hydrogen-bond donors (Lipinski definition) is 0. The van der Waals surface area contributed by atoms with E-state index in [-0.39, 0.29) is 17.8 Å². The quantitative estimate of drug-likeness (QED) is 0.851. The molecule has 2 rings (SSSR count). The third kappa shape index (κ3) is 2.65. The monoisotopic (exact) mass is 261 g/mol. The maximum atomic E-state index is 12.9. The Kier molecular flexibility index (Phi) is 3.64. The molecule has 1 unspecified atom stereocenters. The van der Waals surface area contributed by atoms with Gasteiger partial charge in [0.05, 0.1) is 6.04 Å². The van der Waals surface area contributed by atoms with Crippen molar-refractivity contribution >= 4 is 5.91 Å². The van der Waals surface area contributed by atoms with Crippen LogP contribution in [0.2, 0.25) is 0 Å². The molecule has 0 bridgehead atoms. The number of aromatic nitrogens is 2. The lowest BCUT2D eigenvalue weighted by Gasteiger charge is -2.25. The summed E-state index contributed by atoms with van der Waals surface area (Å²) in [5.74, 6) is -0.395. The highest BCUT2D eigenvalue weighted by atomic mass is 19.1. The molecule has 0 saturated heterocycles. The molecule has 100 valence electrons. The van der Waals surface area contributed by atoms with E-state index in [9.17, 15) is 9.18 Å². The minimum absolute atomic E-state index is 0.114. The maximum absolute atomic E-state index is 12.9. The van der Waals surface area contributed by atoms with Crippen LogP contribution in [0.3, 0.4) is 0 Å². The first-order valence-electron chi connectivity index (χ1n) is 6.01. The van der Waals surface area contributed by atoms with Gasteiger partial charge in [-0.3, -0.25) is 9.48 Å². The van der Waals surface area contributed by atoms with E-state index in [4.69, 9.17) is 0 Å². The fourth-order valence-corrected chi connectivity index (χ4v) is 1.91. The molecule has 0 N–H and O–H groups in total. The predicted molar refractivity (Wildman–Crippen MR) is 70.1 cm³/mol. The Morgan fingerprint density at radius 3 is 2.47 bits per heavy atom. The number of aryl methyl sites for hydroxylation is 1. The van der Waals surface area contributed by atoms with Gasteiger partial charge in [-0.25, -0.2) is 4.39 Å². The third-order valence-corrected chi connectivity index (χ3v) is 3.29. The number of benzene rings is 1. The van der Waals surface area contributed by atoms with Crippen LogP contribution in [-0.4, -0.2) is 27.6 Å². The zero-order valence-electron chi connectivity index (χ0n) is 11.2. The molecule has 0 aliphatic heterocycles. The topological polar surface area (TPSA) is 38.1 Å². The van der Waals surface area contributed by atoms with Crippen LogP contribution in [0.5, 0.6) is 0 Å². The molecule has 1 heterocycles. The summed E-state index contributed by atoms with van der Waals surface area (Å²) >= 11 is 0. The van der Waals surface area contributed by atoms with Crippen molar-refractivity contribution in [3.63, 3.8) is 0 Å². The number of carbonyl (C=O) groups is 1. The van der Waals surface area contributed by atoms with E-state index in [1.807, 2.05) is 6.92 Å². The van der Waals surface area contributed by atoms with E-state index in [0.29, 0.717) is 5.69 Å². The molecule has 1 amide bonds. The van der Waals surface area contributed by atoms with Crippen molar-refractivity contribution in [1.29, 1.82) is 0 Å². The van der Waals surface area contributed by atoms with Gasteiger partial charge >= 0.3 is 0 Å². The van der Waals surface area contributed by atoms with E-state index in [2.05, 4.69) is 5.10 Å². The minimum Gasteiger partial charge on any atom is -0.334 e. The van der Waals surface area contributed by atoms with Crippen molar-refractivity contribution in [2.75, 3.05) is 7.05 Å². The summed E-state index contributed by atoms with van der Waals surface area (Å²) in [7, 11) is 3.45. The molecule has 1 aromatic carbocycles. The molecule has 0 aliphatic carbocycles. The molecule has 0 fully saturated rings. The largest absolute Gasteiger partial charge is 0.334 e. The fourth-order valence-electron chi connectivity index (χ4n) is 1.91. The molecule has 4 nitrogen and oxygen atoms in total. The predicted octanol–water partition coefficient (Wildman–Crippen LogP) is 2.39. The van der Waals surface area contributed by atoms with Crippen LogP contribution < -0.4 is 0 Å². The number of nitrogens with zero attached hydrogens (tertiary/aromatic N) is 3. The van der Waals surface area contributed by atoms with E-state index >= 15 is 0 Å². The lowest BCUT2D eigenvalue weighted by molar-refractivity contribution is 0.0731. The second-order valence-corrected chi connectivity index (χ2v) is 4.48. The first kappa shape index (κ1) is 13.3. The second kappa shape index (κ2) is 5.22. The highest BCUT2D eigenvalue weighted by Crippen LogP contribution is 2.20. The maximum Gasteiger partial charge on any atom is 0.272 e. The molecular formula is C14H16FN3O. The zero-order valence-corrected chi connectivity index (χ0v) is 11.2. The van der Waals surface area contributed by atoms with E-state index in [1.165, 1.54) is 16.8 Å². The summed E-state index contributed by atoms with van der Waals surface area (Å²) in [5, 5.41) is 3.98. The molecule has 1 aromatic heterocycles. The van der Waals surface area contributed by atoms with E-state index < -0.39 is 0 Å². The molecule has 1 atom stereocenters. The SMILES string of the molecule is CC(c1ccc(F)cc1)N(C)C(=O)c1ccnn1C. The van der Waals surface area contributed by atoms with Gasteiger partial charge < -0.3 is 4.90 Å². The molecule has 19 heavy (non-hydrogen) atoms. The number of halogens is 1. The number of hydrogen-bond acceptors (Lipinski definition) is 2. The molecule has 2 aromatic rings. The molecule has 0 spiro atoms. The third-order valence-electron chi connectivity index (χ3n) is 3.29. The van der Waals surface area contributed by atoms with Crippen LogP contribution in [0.1, 0.15) is 29.0 Å². The second-order valence-electron chi connectivity index (χ2n) is 4.48. The highest BCUT2D eigenvalue weighted by molar-refractivity contribution is 5.92. The van der Waals surface area contributed by atoms with E-state index in [0.717, 1.165) is 5.56 Å². The van der Waals surface area contributed by atoms with Gasteiger partial charge in [0.25, 0.3) is 5.91 Å². The summed E-state index contributed by atoms with van der Waals surface area (Å²) in [5.41, 5.74) is 1.41. The summed E-state index contributed by atoms with van der Waals surface area (Å²) in [6, 6.07) is 7.71. The zero-order chi connectivity index (χ0) is 14.0. The standard InChI is InChI=1S/C14H16FN3O/c1-10(11-4-6-12(15)7-5-11)17(2)14(19)13-8-9-16-18(13)3/h4-10H,1-3H3. The van der Waals surface area contributed by atoms with Crippen molar-refractivity contribution in [2.45, 2.75) is 13.0 Å². The van der Waals surface area contributed by atoms with Crippen molar-refractivity contribution in [2.24, 2.45) is 7.05 Å². The molecule has 0 aliphatic rings. The summed E-state index contributed by atoms with van der Waals surface area (Å²) in [6.45, 7) is 1.90. The molecule has 5 heteroatoms. The van der Waals surface area contributed by atoms with Crippen molar-refractivity contribution in [3.8, 4) is 0 Å². The van der Waals surface area contributed by atoms with Gasteiger partial charge in [-0.1, -0.05) is 12.1 Å². The van der Waals surface area contributed by atoms with Crippen LogP contribution in [-0.2, 0) is 7.05 Å². The number of carbonyl (C=O) groups excluding carboxylic acids is 1. The molecule has 0 saturated carbocycles. The summed E-state index contributed by atoms with van der Waals surface area (Å²) in [6.07, 6.45) is 1.59. The first-order chi connectivity index (χ1) is 9.00. The van der Waals surface area contributed by atoms with Gasteiger partial charge in [0.2, 0.25) is 0 Å². The lowest BCUT2D eigenvalue weighted by Crippen LogP contribution is -2.31. The smallest absolute Gasteiger partial charge is 0.272 e. The van der Waals surface area contributed by atoms with Gasteiger partial charge in [-0.05, 0) is 30.7 Å². The van der Waals surface area contributed by atoms with Crippen LogP contribution in [0.15, 0.2) is 36.5 Å². The Morgan fingerprint density at radius 2 is 1.95 bits per heavy atom. The Hall–Kier alpha value is -2.17. The van der Waals surface area contributed by atoms with Crippen LogP contribution in [0.4, 0.5) is 4.39 Å². The van der Waals surface area contributed by atoms with Gasteiger partial charge in [0.15, 0.2) is 0 Å². The van der Waals surface area contributed by atoms with Crippen molar-refractivity contribution < 1.29 is 9.18 Å². The number of amides is 1. The van der Waals surface area contributed by atoms with Crippen LogP contribution in [0, 0.1) is 5.82 Å². The van der Waals surface area contributed by atoms with Crippen LogP contribution in [0.25, 0.3) is 0 Å². The van der Waals surface area contributed by atoms with E-state index in [1.54, 1.807) is 43.4 Å². The Labute approximate surface area is 111 Å². The lowest BCUT2D eigenvalue weighted by atomic mass is 10.1. The van der Waals surface area contributed by atoms with Crippen molar-refractivity contribution in [3.05, 3.63) is 53.6 Å². The Morgan fingerprint density at radius 1 is 1.32 bits per heavy atom.